The largest absolute Gasteiger partial charge is 0.411 e. The molecule has 0 saturated carbocycles. The molecule has 0 saturated heterocycles. The van der Waals surface area contributed by atoms with Crippen LogP contribution in [0.4, 0.5) is 0 Å². The van der Waals surface area contributed by atoms with Crippen molar-refractivity contribution in [1.29, 1.82) is 0 Å². The smallest absolute Gasteiger partial charge is 0.277 e. The molecule has 1 amide bonds. The fourth-order valence-corrected chi connectivity index (χ4v) is 3.56. The number of hydrogen-bond acceptors (Lipinski definition) is 5. The second-order valence-corrected chi connectivity index (χ2v) is 8.31. The molecular formula is C18H15Br2N3O2S. The Balaban J connectivity index is 1.55. The molecule has 1 aromatic heterocycles. The highest BCUT2D eigenvalue weighted by Gasteiger charge is 2.14. The Morgan fingerprint density at radius 3 is 2.62 bits per heavy atom. The minimum absolute atomic E-state index is 0.000115. The van der Waals surface area contributed by atoms with Crippen molar-refractivity contribution in [3.63, 3.8) is 0 Å². The van der Waals surface area contributed by atoms with E-state index in [-0.39, 0.29) is 11.7 Å². The van der Waals surface area contributed by atoms with Crippen molar-refractivity contribution in [2.24, 2.45) is 0 Å². The monoisotopic (exact) mass is 495 g/mol. The van der Waals surface area contributed by atoms with Gasteiger partial charge in [0, 0.05) is 28.1 Å². The lowest BCUT2D eigenvalue weighted by Gasteiger charge is -2.16. The quantitative estimate of drug-likeness (QED) is 0.449. The number of carbonyl (C=O) groups is 1. The normalized spacial score (nSPS) is 10.7. The van der Waals surface area contributed by atoms with Crippen molar-refractivity contribution in [3.8, 4) is 11.5 Å². The van der Waals surface area contributed by atoms with Gasteiger partial charge in [-0.15, -0.1) is 10.2 Å². The lowest BCUT2D eigenvalue weighted by atomic mass is 10.2. The topological polar surface area (TPSA) is 59.2 Å². The molecule has 0 spiro atoms. The lowest BCUT2D eigenvalue weighted by molar-refractivity contribution is -0.127. The molecule has 5 nitrogen and oxygen atoms in total. The Morgan fingerprint density at radius 2 is 1.88 bits per heavy atom. The van der Waals surface area contributed by atoms with E-state index in [1.165, 1.54) is 11.8 Å². The van der Waals surface area contributed by atoms with Gasteiger partial charge in [0.1, 0.15) is 0 Å². The van der Waals surface area contributed by atoms with Crippen LogP contribution in [-0.4, -0.2) is 33.8 Å². The van der Waals surface area contributed by atoms with Crippen molar-refractivity contribution in [3.05, 3.63) is 63.0 Å². The maximum atomic E-state index is 12.3. The summed E-state index contributed by atoms with van der Waals surface area (Å²) in [5.74, 6) is 0.678. The fourth-order valence-electron chi connectivity index (χ4n) is 2.19. The van der Waals surface area contributed by atoms with Crippen LogP contribution in [0, 0.1) is 0 Å². The van der Waals surface area contributed by atoms with Gasteiger partial charge in [-0.3, -0.25) is 4.79 Å². The summed E-state index contributed by atoms with van der Waals surface area (Å²) in [5.41, 5.74) is 1.90. The second-order valence-electron chi connectivity index (χ2n) is 5.55. The average Bonchev–Trinajstić information content (AvgIpc) is 3.10. The Hall–Kier alpha value is -1.64. The number of amides is 1. The van der Waals surface area contributed by atoms with E-state index in [0.717, 1.165) is 20.1 Å². The Labute approximate surface area is 172 Å². The summed E-state index contributed by atoms with van der Waals surface area (Å²) in [6.45, 7) is 0.555. The number of halogens is 2. The van der Waals surface area contributed by atoms with Crippen molar-refractivity contribution >= 4 is 49.5 Å². The predicted octanol–water partition coefficient (Wildman–Crippen LogP) is 5.01. The molecule has 0 atom stereocenters. The first kappa shape index (κ1) is 19.1. The highest BCUT2D eigenvalue weighted by molar-refractivity contribution is 9.10. The Bertz CT molecular complexity index is 899. The molecule has 0 bridgehead atoms. The van der Waals surface area contributed by atoms with Gasteiger partial charge < -0.3 is 9.32 Å². The third kappa shape index (κ3) is 5.18. The standard InChI is InChI=1S/C18H15Br2N3O2S/c1-23(10-12-5-7-14(19)8-6-12)16(24)11-26-18-22-21-17(25-18)13-3-2-4-15(20)9-13/h2-9H,10-11H2,1H3. The molecule has 0 fully saturated rings. The van der Waals surface area contributed by atoms with Crippen LogP contribution in [0.2, 0.25) is 0 Å². The molecule has 3 aromatic rings. The zero-order chi connectivity index (χ0) is 18.5. The number of hydrogen-bond donors (Lipinski definition) is 0. The van der Waals surface area contributed by atoms with Gasteiger partial charge in [0.15, 0.2) is 0 Å². The van der Waals surface area contributed by atoms with Gasteiger partial charge in [-0.2, -0.15) is 0 Å². The summed E-state index contributed by atoms with van der Waals surface area (Å²) in [5, 5.41) is 8.42. The summed E-state index contributed by atoms with van der Waals surface area (Å²) in [7, 11) is 1.78. The summed E-state index contributed by atoms with van der Waals surface area (Å²) in [6, 6.07) is 15.5. The summed E-state index contributed by atoms with van der Waals surface area (Å²) in [4.78, 5) is 14.0. The summed E-state index contributed by atoms with van der Waals surface area (Å²) in [6.07, 6.45) is 0. The number of rotatable bonds is 6. The first-order valence-corrected chi connectivity index (χ1v) is 10.3. The zero-order valence-electron chi connectivity index (χ0n) is 13.9. The van der Waals surface area contributed by atoms with Crippen molar-refractivity contribution in [1.82, 2.24) is 15.1 Å². The molecule has 134 valence electrons. The van der Waals surface area contributed by atoms with Gasteiger partial charge in [0.05, 0.1) is 5.75 Å². The van der Waals surface area contributed by atoms with Crippen LogP contribution in [0.25, 0.3) is 11.5 Å². The van der Waals surface area contributed by atoms with Gasteiger partial charge >= 0.3 is 0 Å². The van der Waals surface area contributed by atoms with Crippen molar-refractivity contribution in [2.45, 2.75) is 11.8 Å². The van der Waals surface area contributed by atoms with Gasteiger partial charge in [-0.05, 0) is 35.9 Å². The maximum Gasteiger partial charge on any atom is 0.277 e. The molecule has 1 heterocycles. The van der Waals surface area contributed by atoms with Crippen LogP contribution in [0.1, 0.15) is 5.56 Å². The molecule has 8 heteroatoms. The number of benzene rings is 2. The van der Waals surface area contributed by atoms with Crippen LogP contribution in [-0.2, 0) is 11.3 Å². The van der Waals surface area contributed by atoms with Crippen LogP contribution in [0.5, 0.6) is 0 Å². The summed E-state index contributed by atoms with van der Waals surface area (Å²) < 4.78 is 7.58. The average molecular weight is 497 g/mol. The Morgan fingerprint density at radius 1 is 1.12 bits per heavy atom. The first-order chi connectivity index (χ1) is 12.5. The SMILES string of the molecule is CN(Cc1ccc(Br)cc1)C(=O)CSc1nnc(-c2cccc(Br)c2)o1. The van der Waals surface area contributed by atoms with E-state index in [4.69, 9.17) is 4.42 Å². The Kier molecular flexibility index (Phi) is 6.50. The fraction of sp³-hybridized carbons (Fsp3) is 0.167. The third-order valence-corrected chi connectivity index (χ3v) is 5.38. The van der Waals surface area contributed by atoms with Crippen molar-refractivity contribution < 1.29 is 9.21 Å². The molecule has 0 unspecified atom stereocenters. The number of thioether (sulfide) groups is 1. The molecule has 2 aromatic carbocycles. The summed E-state index contributed by atoms with van der Waals surface area (Å²) >= 11 is 8.06. The number of aromatic nitrogens is 2. The molecule has 0 aliphatic rings. The molecule has 0 radical (unpaired) electrons. The molecule has 3 rings (SSSR count). The van der Waals surface area contributed by atoms with Gasteiger partial charge in [0.25, 0.3) is 5.22 Å². The van der Waals surface area contributed by atoms with Gasteiger partial charge in [0.2, 0.25) is 11.8 Å². The van der Waals surface area contributed by atoms with Gasteiger partial charge in [-0.25, -0.2) is 0 Å². The van der Waals surface area contributed by atoms with E-state index in [9.17, 15) is 4.79 Å². The molecule has 26 heavy (non-hydrogen) atoms. The molecular weight excluding hydrogens is 482 g/mol. The van der Waals surface area contributed by atoms with Crippen LogP contribution in [0.15, 0.2) is 67.1 Å². The predicted molar refractivity (Wildman–Crippen MR) is 109 cm³/mol. The first-order valence-electron chi connectivity index (χ1n) is 7.72. The number of nitrogens with zero attached hydrogens (tertiary/aromatic N) is 3. The zero-order valence-corrected chi connectivity index (χ0v) is 17.8. The van der Waals surface area contributed by atoms with E-state index in [1.807, 2.05) is 48.5 Å². The molecule has 0 aliphatic heterocycles. The van der Waals surface area contributed by atoms with Crippen LogP contribution >= 0.6 is 43.6 Å². The highest BCUT2D eigenvalue weighted by Crippen LogP contribution is 2.25. The molecule has 0 aliphatic carbocycles. The van der Waals surface area contributed by atoms with E-state index < -0.39 is 0 Å². The van der Waals surface area contributed by atoms with E-state index in [1.54, 1.807) is 11.9 Å². The highest BCUT2D eigenvalue weighted by atomic mass is 79.9. The third-order valence-electron chi connectivity index (χ3n) is 3.56. The number of carbonyl (C=O) groups excluding carboxylic acids is 1. The lowest BCUT2D eigenvalue weighted by Crippen LogP contribution is -2.27. The van der Waals surface area contributed by atoms with Gasteiger partial charge in [-0.1, -0.05) is 61.8 Å². The minimum Gasteiger partial charge on any atom is -0.411 e. The van der Waals surface area contributed by atoms with E-state index in [0.29, 0.717) is 17.7 Å². The molecule has 0 N–H and O–H groups in total. The second kappa shape index (κ2) is 8.83. The van der Waals surface area contributed by atoms with E-state index in [2.05, 4.69) is 42.1 Å². The van der Waals surface area contributed by atoms with Crippen LogP contribution in [0.3, 0.4) is 0 Å². The van der Waals surface area contributed by atoms with E-state index >= 15 is 0 Å². The maximum absolute atomic E-state index is 12.3. The minimum atomic E-state index is 0.000115. The van der Waals surface area contributed by atoms with Crippen molar-refractivity contribution in [2.75, 3.05) is 12.8 Å². The van der Waals surface area contributed by atoms with Crippen LogP contribution < -0.4 is 0 Å².